The van der Waals surface area contributed by atoms with Gasteiger partial charge in [0.25, 0.3) is 0 Å². The van der Waals surface area contributed by atoms with E-state index in [1.807, 2.05) is 30.3 Å². The summed E-state index contributed by atoms with van der Waals surface area (Å²) in [6.07, 6.45) is 0.707. The molecule has 0 aliphatic carbocycles. The standard InChI is InChI=1S/C19H20O4/c1-14(2)22-19(21)16-9-6-10-17(13-16)23-18(20)12-11-15-7-4-3-5-8-15/h3-10,13-14H,11-12H2,1-2H3. The highest BCUT2D eigenvalue weighted by Gasteiger charge is 2.11. The summed E-state index contributed by atoms with van der Waals surface area (Å²) in [6, 6.07) is 16.2. The van der Waals surface area contributed by atoms with Gasteiger partial charge in [-0.2, -0.15) is 0 Å². The summed E-state index contributed by atoms with van der Waals surface area (Å²) in [5.74, 6) is -0.410. The molecule has 4 heteroatoms. The summed E-state index contributed by atoms with van der Waals surface area (Å²) in [4.78, 5) is 23.7. The number of carbonyl (C=O) groups excluding carboxylic acids is 2. The molecule has 0 heterocycles. The number of benzene rings is 2. The number of aryl methyl sites for hydroxylation is 1. The molecule has 0 spiro atoms. The van der Waals surface area contributed by atoms with Crippen molar-refractivity contribution in [3.63, 3.8) is 0 Å². The SMILES string of the molecule is CC(C)OC(=O)c1cccc(OC(=O)CCc2ccccc2)c1. The molecule has 2 aromatic carbocycles. The average Bonchev–Trinajstić information content (AvgIpc) is 2.53. The molecule has 0 bridgehead atoms. The summed E-state index contributed by atoms with van der Waals surface area (Å²) in [5.41, 5.74) is 1.45. The first kappa shape index (κ1) is 16.7. The quantitative estimate of drug-likeness (QED) is 0.601. The molecule has 2 rings (SSSR count). The maximum atomic E-state index is 11.9. The highest BCUT2D eigenvalue weighted by molar-refractivity contribution is 5.90. The van der Waals surface area contributed by atoms with Crippen LogP contribution < -0.4 is 4.74 Å². The fourth-order valence-corrected chi connectivity index (χ4v) is 2.04. The molecule has 0 atom stereocenters. The van der Waals surface area contributed by atoms with Gasteiger partial charge in [-0.1, -0.05) is 36.4 Å². The van der Waals surface area contributed by atoms with E-state index in [9.17, 15) is 9.59 Å². The molecule has 0 radical (unpaired) electrons. The van der Waals surface area contributed by atoms with Crippen LogP contribution in [0.3, 0.4) is 0 Å². The third-order valence-electron chi connectivity index (χ3n) is 3.10. The van der Waals surface area contributed by atoms with Crippen LogP contribution in [0.5, 0.6) is 5.75 Å². The predicted octanol–water partition coefficient (Wildman–Crippen LogP) is 3.79. The van der Waals surface area contributed by atoms with Crippen molar-refractivity contribution in [3.8, 4) is 5.75 Å². The number of carbonyl (C=O) groups is 2. The summed E-state index contributed by atoms with van der Waals surface area (Å²) in [5, 5.41) is 0. The van der Waals surface area contributed by atoms with Crippen molar-refractivity contribution < 1.29 is 19.1 Å². The Morgan fingerprint density at radius 2 is 1.74 bits per heavy atom. The lowest BCUT2D eigenvalue weighted by Crippen LogP contribution is -2.12. The normalized spacial score (nSPS) is 10.4. The Labute approximate surface area is 136 Å². The number of rotatable bonds is 6. The van der Waals surface area contributed by atoms with Gasteiger partial charge in [0, 0.05) is 6.42 Å². The van der Waals surface area contributed by atoms with Crippen molar-refractivity contribution in [1.29, 1.82) is 0 Å². The van der Waals surface area contributed by atoms with E-state index in [1.54, 1.807) is 32.0 Å². The molecule has 0 fully saturated rings. The van der Waals surface area contributed by atoms with Gasteiger partial charge in [-0.3, -0.25) is 4.79 Å². The minimum absolute atomic E-state index is 0.195. The molecular weight excluding hydrogens is 292 g/mol. The molecule has 0 aliphatic heterocycles. The fraction of sp³-hybridized carbons (Fsp3) is 0.263. The summed E-state index contributed by atoms with van der Waals surface area (Å²) < 4.78 is 10.4. The molecule has 4 nitrogen and oxygen atoms in total. The number of esters is 2. The molecule has 0 unspecified atom stereocenters. The molecule has 0 N–H and O–H groups in total. The van der Waals surface area contributed by atoms with Crippen molar-refractivity contribution in [3.05, 3.63) is 65.7 Å². The van der Waals surface area contributed by atoms with E-state index in [1.165, 1.54) is 6.07 Å². The van der Waals surface area contributed by atoms with Gasteiger partial charge < -0.3 is 9.47 Å². The Hall–Kier alpha value is -2.62. The molecular formula is C19H20O4. The van der Waals surface area contributed by atoms with E-state index >= 15 is 0 Å². The Kier molecular flexibility index (Phi) is 5.92. The zero-order chi connectivity index (χ0) is 16.7. The van der Waals surface area contributed by atoms with Gasteiger partial charge in [-0.25, -0.2) is 4.79 Å². The molecule has 0 aromatic heterocycles. The largest absolute Gasteiger partial charge is 0.459 e. The second-order valence-electron chi connectivity index (χ2n) is 5.44. The van der Waals surface area contributed by atoms with Crippen molar-refractivity contribution in [1.82, 2.24) is 0 Å². The first-order chi connectivity index (χ1) is 11.0. The number of hydrogen-bond donors (Lipinski definition) is 0. The summed E-state index contributed by atoms with van der Waals surface area (Å²) >= 11 is 0. The van der Waals surface area contributed by atoms with Gasteiger partial charge in [0.2, 0.25) is 0 Å². The Morgan fingerprint density at radius 1 is 1.00 bits per heavy atom. The van der Waals surface area contributed by atoms with Crippen molar-refractivity contribution in [2.75, 3.05) is 0 Å². The highest BCUT2D eigenvalue weighted by atomic mass is 16.5. The monoisotopic (exact) mass is 312 g/mol. The highest BCUT2D eigenvalue weighted by Crippen LogP contribution is 2.16. The smallest absolute Gasteiger partial charge is 0.338 e. The third kappa shape index (κ3) is 5.58. The maximum absolute atomic E-state index is 11.9. The first-order valence-corrected chi connectivity index (χ1v) is 7.60. The lowest BCUT2D eigenvalue weighted by atomic mass is 10.1. The van der Waals surface area contributed by atoms with Crippen molar-refractivity contribution in [2.45, 2.75) is 32.8 Å². The molecule has 0 saturated carbocycles. The third-order valence-corrected chi connectivity index (χ3v) is 3.10. The first-order valence-electron chi connectivity index (χ1n) is 7.60. The van der Waals surface area contributed by atoms with Crippen LogP contribution in [-0.4, -0.2) is 18.0 Å². The van der Waals surface area contributed by atoms with E-state index in [2.05, 4.69) is 0 Å². The van der Waals surface area contributed by atoms with Crippen LogP contribution in [0.1, 0.15) is 36.2 Å². The minimum atomic E-state index is -0.429. The van der Waals surface area contributed by atoms with Crippen LogP contribution in [0.2, 0.25) is 0 Å². The Bertz CT molecular complexity index is 662. The maximum Gasteiger partial charge on any atom is 0.338 e. The lowest BCUT2D eigenvalue weighted by molar-refractivity contribution is -0.134. The van der Waals surface area contributed by atoms with Crippen LogP contribution in [0, 0.1) is 0 Å². The van der Waals surface area contributed by atoms with Crippen LogP contribution in [0.25, 0.3) is 0 Å². The van der Waals surface area contributed by atoms with Crippen molar-refractivity contribution >= 4 is 11.9 Å². The van der Waals surface area contributed by atoms with Gasteiger partial charge >= 0.3 is 11.9 Å². The van der Waals surface area contributed by atoms with Gasteiger partial charge in [0.15, 0.2) is 0 Å². The minimum Gasteiger partial charge on any atom is -0.459 e. The second-order valence-corrected chi connectivity index (χ2v) is 5.44. The lowest BCUT2D eigenvalue weighted by Gasteiger charge is -2.09. The second kappa shape index (κ2) is 8.13. The molecule has 0 saturated heterocycles. The zero-order valence-corrected chi connectivity index (χ0v) is 13.3. The van der Waals surface area contributed by atoms with Crippen LogP contribution in [-0.2, 0) is 16.0 Å². The van der Waals surface area contributed by atoms with E-state index in [0.717, 1.165) is 5.56 Å². The van der Waals surface area contributed by atoms with E-state index in [-0.39, 0.29) is 18.5 Å². The predicted molar refractivity (Wildman–Crippen MR) is 87.4 cm³/mol. The Morgan fingerprint density at radius 3 is 2.43 bits per heavy atom. The number of hydrogen-bond acceptors (Lipinski definition) is 4. The van der Waals surface area contributed by atoms with Crippen LogP contribution in [0.4, 0.5) is 0 Å². The number of ether oxygens (including phenoxy) is 2. The molecule has 2 aromatic rings. The van der Waals surface area contributed by atoms with Gasteiger partial charge in [0.1, 0.15) is 5.75 Å². The van der Waals surface area contributed by atoms with Crippen LogP contribution in [0.15, 0.2) is 54.6 Å². The Balaban J connectivity index is 1.92. The molecule has 120 valence electrons. The van der Waals surface area contributed by atoms with E-state index in [0.29, 0.717) is 17.7 Å². The summed E-state index contributed by atoms with van der Waals surface area (Å²) in [7, 11) is 0. The van der Waals surface area contributed by atoms with Crippen molar-refractivity contribution in [2.24, 2.45) is 0 Å². The van der Waals surface area contributed by atoms with Gasteiger partial charge in [-0.15, -0.1) is 0 Å². The van der Waals surface area contributed by atoms with Crippen LogP contribution >= 0.6 is 0 Å². The zero-order valence-electron chi connectivity index (χ0n) is 13.3. The molecule has 0 aliphatic rings. The average molecular weight is 312 g/mol. The van der Waals surface area contributed by atoms with Gasteiger partial charge in [0.05, 0.1) is 11.7 Å². The summed E-state index contributed by atoms with van der Waals surface area (Å²) in [6.45, 7) is 3.57. The van der Waals surface area contributed by atoms with E-state index in [4.69, 9.17) is 9.47 Å². The van der Waals surface area contributed by atoms with E-state index < -0.39 is 5.97 Å². The van der Waals surface area contributed by atoms with Gasteiger partial charge in [-0.05, 0) is 44.0 Å². The molecule has 0 amide bonds. The molecule has 23 heavy (non-hydrogen) atoms. The topological polar surface area (TPSA) is 52.6 Å². The fourth-order valence-electron chi connectivity index (χ4n) is 2.04.